The fourth-order valence-electron chi connectivity index (χ4n) is 3.99. The van der Waals surface area contributed by atoms with E-state index in [-0.39, 0.29) is 38.4 Å². The minimum absolute atomic E-state index is 0.147. The Morgan fingerprint density at radius 2 is 1.00 bits per heavy atom. The summed E-state index contributed by atoms with van der Waals surface area (Å²) in [7, 11) is -7.11. The second kappa shape index (κ2) is 8.21. The third-order valence-electron chi connectivity index (χ3n) is 5.63. The minimum atomic E-state index is -3.60. The van der Waals surface area contributed by atoms with E-state index in [2.05, 4.69) is 6.92 Å². The Morgan fingerprint density at radius 1 is 0.630 bits per heavy atom. The fraction of sp³-hybridized carbons (Fsp3) is 1.00. The Hall–Kier alpha value is -0.300. The lowest BCUT2D eigenvalue weighted by Gasteiger charge is -2.41. The van der Waals surface area contributed by atoms with Crippen LogP contribution in [-0.2, 0) is 25.2 Å². The molecule has 3 saturated heterocycles. The van der Waals surface area contributed by atoms with Crippen LogP contribution in [0.4, 0.5) is 0 Å². The molecule has 0 bridgehead atoms. The molecule has 0 radical (unpaired) electrons. The van der Waals surface area contributed by atoms with E-state index in [9.17, 15) is 16.8 Å². The van der Waals surface area contributed by atoms with Gasteiger partial charge in [-0.1, -0.05) is 6.92 Å². The first-order valence-corrected chi connectivity index (χ1v) is 12.6. The molecule has 3 aliphatic rings. The van der Waals surface area contributed by atoms with Gasteiger partial charge in [-0.15, -0.1) is 0 Å². The molecule has 9 nitrogen and oxygen atoms in total. The van der Waals surface area contributed by atoms with Crippen molar-refractivity contribution in [3.05, 3.63) is 0 Å². The Bertz CT molecular complexity index is 703. The van der Waals surface area contributed by atoms with Crippen LogP contribution in [0.25, 0.3) is 0 Å². The van der Waals surface area contributed by atoms with E-state index < -0.39 is 20.4 Å². The highest BCUT2D eigenvalue weighted by atomic mass is 32.2. The molecule has 3 aliphatic heterocycles. The number of nitrogens with zero attached hydrogens (tertiary/aromatic N) is 4. The van der Waals surface area contributed by atoms with Gasteiger partial charge in [-0.05, 0) is 32.6 Å². The molecule has 0 aromatic heterocycles. The van der Waals surface area contributed by atoms with Crippen molar-refractivity contribution in [1.82, 2.24) is 17.2 Å². The van der Waals surface area contributed by atoms with E-state index in [0.717, 1.165) is 12.8 Å². The molecule has 0 aliphatic carbocycles. The van der Waals surface area contributed by atoms with E-state index >= 15 is 0 Å². The zero-order chi connectivity index (χ0) is 19.8. The van der Waals surface area contributed by atoms with E-state index in [1.807, 2.05) is 13.8 Å². The maximum absolute atomic E-state index is 12.9. The lowest BCUT2D eigenvalue weighted by molar-refractivity contribution is -0.0456. The average Bonchev–Trinajstić information content (AvgIpc) is 2.61. The predicted octanol–water partition coefficient (Wildman–Crippen LogP) is -0.0653. The van der Waals surface area contributed by atoms with E-state index in [1.165, 1.54) is 12.9 Å². The number of rotatable bonds is 4. The standard InChI is InChI=1S/C16H32N4O5S2/c1-14-4-6-17(7-5-14)26(21,22)18-8-10-19(11-9-18)27(23,24)20-12-15(2)25-16(3)13-20/h14-16H,4-13H2,1-3H3. The largest absolute Gasteiger partial charge is 0.373 e. The average molecular weight is 425 g/mol. The molecule has 3 rings (SSSR count). The number of piperidine rings is 1. The highest BCUT2D eigenvalue weighted by molar-refractivity contribution is 7.87. The molecule has 3 heterocycles. The summed E-state index contributed by atoms with van der Waals surface area (Å²) in [6, 6.07) is 0. The Balaban J connectivity index is 1.61. The molecule has 0 N–H and O–H groups in total. The lowest BCUT2D eigenvalue weighted by Crippen LogP contribution is -2.59. The van der Waals surface area contributed by atoms with Crippen LogP contribution in [0.2, 0.25) is 0 Å². The zero-order valence-electron chi connectivity index (χ0n) is 16.4. The van der Waals surface area contributed by atoms with Gasteiger partial charge in [0.25, 0.3) is 20.4 Å². The van der Waals surface area contributed by atoms with Crippen molar-refractivity contribution in [2.24, 2.45) is 5.92 Å². The quantitative estimate of drug-likeness (QED) is 0.630. The van der Waals surface area contributed by atoms with Gasteiger partial charge in [0, 0.05) is 52.4 Å². The molecule has 0 saturated carbocycles. The van der Waals surface area contributed by atoms with Crippen molar-refractivity contribution in [2.45, 2.75) is 45.8 Å². The summed E-state index contributed by atoms with van der Waals surface area (Å²) in [5, 5.41) is 0. The molecular weight excluding hydrogens is 392 g/mol. The van der Waals surface area contributed by atoms with Gasteiger partial charge in [-0.2, -0.15) is 34.1 Å². The van der Waals surface area contributed by atoms with Crippen molar-refractivity contribution in [2.75, 3.05) is 52.4 Å². The van der Waals surface area contributed by atoms with Crippen LogP contribution in [0.15, 0.2) is 0 Å². The van der Waals surface area contributed by atoms with E-state index in [4.69, 9.17) is 4.74 Å². The van der Waals surface area contributed by atoms with Gasteiger partial charge < -0.3 is 4.74 Å². The maximum atomic E-state index is 12.9. The summed E-state index contributed by atoms with van der Waals surface area (Å²) in [5.74, 6) is 0.553. The second-order valence-electron chi connectivity index (χ2n) is 7.97. The van der Waals surface area contributed by atoms with Crippen LogP contribution in [0.1, 0.15) is 33.6 Å². The summed E-state index contributed by atoms with van der Waals surface area (Å²) in [6.07, 6.45) is 1.46. The molecular formula is C16H32N4O5S2. The van der Waals surface area contributed by atoms with Gasteiger partial charge in [0.2, 0.25) is 0 Å². The predicted molar refractivity (Wildman–Crippen MR) is 103 cm³/mol. The summed E-state index contributed by atoms with van der Waals surface area (Å²) in [4.78, 5) is 0. The third kappa shape index (κ3) is 4.65. The van der Waals surface area contributed by atoms with Gasteiger partial charge in [0.15, 0.2) is 0 Å². The van der Waals surface area contributed by atoms with Gasteiger partial charge in [-0.25, -0.2) is 0 Å². The molecule has 2 atom stereocenters. The Kier molecular flexibility index (Phi) is 6.51. The number of hydrogen-bond acceptors (Lipinski definition) is 5. The maximum Gasteiger partial charge on any atom is 0.282 e. The van der Waals surface area contributed by atoms with Crippen molar-refractivity contribution >= 4 is 20.4 Å². The molecule has 11 heteroatoms. The minimum Gasteiger partial charge on any atom is -0.373 e. The molecule has 0 aromatic rings. The fourth-order valence-corrected chi connectivity index (χ4v) is 7.36. The van der Waals surface area contributed by atoms with Gasteiger partial charge in [-0.3, -0.25) is 0 Å². The van der Waals surface area contributed by atoms with Crippen molar-refractivity contribution in [3.8, 4) is 0 Å². The molecule has 0 spiro atoms. The lowest BCUT2D eigenvalue weighted by atomic mass is 10.0. The van der Waals surface area contributed by atoms with Crippen LogP contribution >= 0.6 is 0 Å². The summed E-state index contributed by atoms with van der Waals surface area (Å²) < 4.78 is 63.0. The van der Waals surface area contributed by atoms with Crippen LogP contribution in [0.5, 0.6) is 0 Å². The molecule has 158 valence electrons. The summed E-state index contributed by atoms with van der Waals surface area (Å²) in [6.45, 7) is 8.39. The van der Waals surface area contributed by atoms with Crippen LogP contribution < -0.4 is 0 Å². The number of morpholine rings is 1. The number of hydrogen-bond donors (Lipinski definition) is 0. The first kappa shape index (κ1) is 21.4. The smallest absolute Gasteiger partial charge is 0.282 e. The first-order chi connectivity index (χ1) is 12.6. The number of ether oxygens (including phenoxy) is 1. The van der Waals surface area contributed by atoms with Gasteiger partial charge in [0.1, 0.15) is 0 Å². The Morgan fingerprint density at radius 3 is 1.44 bits per heavy atom. The van der Waals surface area contributed by atoms with Gasteiger partial charge >= 0.3 is 0 Å². The van der Waals surface area contributed by atoms with Crippen molar-refractivity contribution < 1.29 is 21.6 Å². The summed E-state index contributed by atoms with van der Waals surface area (Å²) in [5.41, 5.74) is 0. The third-order valence-corrected chi connectivity index (χ3v) is 9.64. The molecule has 0 amide bonds. The summed E-state index contributed by atoms with van der Waals surface area (Å²) >= 11 is 0. The molecule has 2 unspecified atom stereocenters. The molecule has 27 heavy (non-hydrogen) atoms. The van der Waals surface area contributed by atoms with Crippen LogP contribution in [-0.4, -0.2) is 98.6 Å². The van der Waals surface area contributed by atoms with Crippen LogP contribution in [0, 0.1) is 5.92 Å². The number of piperazine rings is 1. The van der Waals surface area contributed by atoms with Crippen LogP contribution in [0.3, 0.4) is 0 Å². The molecule has 0 aromatic carbocycles. The normalized spacial score (nSPS) is 32.0. The van der Waals surface area contributed by atoms with E-state index in [1.54, 1.807) is 4.31 Å². The second-order valence-corrected chi connectivity index (χ2v) is 11.8. The monoisotopic (exact) mass is 424 g/mol. The van der Waals surface area contributed by atoms with E-state index in [0.29, 0.717) is 32.1 Å². The SMILES string of the molecule is CC1CCN(S(=O)(=O)N2CCN(S(=O)(=O)N3CC(C)OC(C)C3)CC2)CC1. The van der Waals surface area contributed by atoms with Gasteiger partial charge in [0.05, 0.1) is 12.2 Å². The van der Waals surface area contributed by atoms with Crippen molar-refractivity contribution in [1.29, 1.82) is 0 Å². The zero-order valence-corrected chi connectivity index (χ0v) is 18.1. The highest BCUT2D eigenvalue weighted by Crippen LogP contribution is 2.23. The Labute approximate surface area is 163 Å². The highest BCUT2D eigenvalue weighted by Gasteiger charge is 2.40. The first-order valence-electron chi connectivity index (χ1n) is 9.76. The van der Waals surface area contributed by atoms with Crippen molar-refractivity contribution in [3.63, 3.8) is 0 Å². The molecule has 3 fully saturated rings. The topological polar surface area (TPSA) is 90.5 Å².